The highest BCUT2D eigenvalue weighted by molar-refractivity contribution is 6.31. The molecule has 0 unspecified atom stereocenters. The van der Waals surface area contributed by atoms with Gasteiger partial charge in [0.05, 0.1) is 17.7 Å². The van der Waals surface area contributed by atoms with Crippen LogP contribution in [0, 0.1) is 0 Å². The number of hydrogen-bond acceptors (Lipinski definition) is 3. The topological polar surface area (TPSA) is 58.6 Å². The standard InChI is InChI=1S/C23H19ClN2O3/c1-2-26-19-9-5-6-10-21(19)29-20-12-11-16(14-17(20)23(26)28)25-22(27)13-15-7-3-4-8-18(15)24/h3-12,14H,2,13H2,1H3,(H,25,27). The van der Waals surface area contributed by atoms with E-state index in [1.54, 1.807) is 29.2 Å². The van der Waals surface area contributed by atoms with Gasteiger partial charge >= 0.3 is 0 Å². The van der Waals surface area contributed by atoms with E-state index in [9.17, 15) is 9.59 Å². The van der Waals surface area contributed by atoms with Crippen LogP contribution < -0.4 is 15.0 Å². The maximum absolute atomic E-state index is 13.1. The molecule has 29 heavy (non-hydrogen) atoms. The summed E-state index contributed by atoms with van der Waals surface area (Å²) in [5.74, 6) is 0.699. The fraction of sp³-hybridized carbons (Fsp3) is 0.130. The lowest BCUT2D eigenvalue weighted by atomic mass is 10.1. The highest BCUT2D eigenvalue weighted by atomic mass is 35.5. The first-order chi connectivity index (χ1) is 14.1. The summed E-state index contributed by atoms with van der Waals surface area (Å²) in [6.45, 7) is 2.41. The first-order valence-corrected chi connectivity index (χ1v) is 9.70. The highest BCUT2D eigenvalue weighted by Crippen LogP contribution is 2.39. The third-order valence-electron chi connectivity index (χ3n) is 4.74. The van der Waals surface area contributed by atoms with Gasteiger partial charge in [0.1, 0.15) is 5.75 Å². The molecule has 0 saturated carbocycles. The zero-order chi connectivity index (χ0) is 20.4. The predicted octanol–water partition coefficient (Wildman–Crippen LogP) is 5.29. The number of ether oxygens (including phenoxy) is 1. The molecule has 3 aromatic carbocycles. The van der Waals surface area contributed by atoms with Crippen molar-refractivity contribution < 1.29 is 14.3 Å². The number of hydrogen-bond donors (Lipinski definition) is 1. The molecule has 5 nitrogen and oxygen atoms in total. The second-order valence-electron chi connectivity index (χ2n) is 6.65. The van der Waals surface area contributed by atoms with E-state index in [0.717, 1.165) is 11.3 Å². The van der Waals surface area contributed by atoms with Crippen molar-refractivity contribution >= 4 is 34.8 Å². The first kappa shape index (κ1) is 19.0. The third-order valence-corrected chi connectivity index (χ3v) is 5.11. The van der Waals surface area contributed by atoms with Crippen molar-refractivity contribution in [1.82, 2.24) is 0 Å². The van der Waals surface area contributed by atoms with Crippen LogP contribution in [-0.2, 0) is 11.2 Å². The summed E-state index contributed by atoms with van der Waals surface area (Å²) in [6, 6.07) is 19.7. The van der Waals surface area contributed by atoms with Gasteiger partial charge in [-0.3, -0.25) is 9.59 Å². The lowest BCUT2D eigenvalue weighted by molar-refractivity contribution is -0.115. The smallest absolute Gasteiger partial charge is 0.262 e. The Balaban J connectivity index is 1.60. The fourth-order valence-electron chi connectivity index (χ4n) is 3.34. The molecule has 0 saturated heterocycles. The van der Waals surface area contributed by atoms with Crippen LogP contribution in [0.4, 0.5) is 11.4 Å². The average molecular weight is 407 g/mol. The number of carbonyl (C=O) groups excluding carboxylic acids is 2. The molecule has 0 fully saturated rings. The number of para-hydroxylation sites is 2. The number of nitrogens with zero attached hydrogens (tertiary/aromatic N) is 1. The van der Waals surface area contributed by atoms with E-state index in [0.29, 0.717) is 34.3 Å². The maximum Gasteiger partial charge on any atom is 0.262 e. The maximum atomic E-state index is 13.1. The second-order valence-corrected chi connectivity index (χ2v) is 7.05. The summed E-state index contributed by atoms with van der Waals surface area (Å²) in [6.07, 6.45) is 0.147. The van der Waals surface area contributed by atoms with Crippen LogP contribution in [0.1, 0.15) is 22.8 Å². The van der Waals surface area contributed by atoms with Crippen molar-refractivity contribution in [1.29, 1.82) is 0 Å². The zero-order valence-corrected chi connectivity index (χ0v) is 16.6. The Morgan fingerprint density at radius 2 is 1.79 bits per heavy atom. The summed E-state index contributed by atoms with van der Waals surface area (Å²) in [7, 11) is 0. The molecule has 1 aliphatic rings. The molecule has 3 aromatic rings. The molecular formula is C23H19ClN2O3. The minimum Gasteiger partial charge on any atom is -0.454 e. The van der Waals surface area contributed by atoms with Crippen LogP contribution in [0.3, 0.4) is 0 Å². The molecule has 1 heterocycles. The molecule has 1 N–H and O–H groups in total. The molecule has 0 atom stereocenters. The van der Waals surface area contributed by atoms with E-state index < -0.39 is 0 Å². The fourth-order valence-corrected chi connectivity index (χ4v) is 3.54. The number of benzene rings is 3. The Bertz CT molecular complexity index is 1100. The van der Waals surface area contributed by atoms with Gasteiger partial charge in [0, 0.05) is 17.3 Å². The van der Waals surface area contributed by atoms with Crippen molar-refractivity contribution in [3.05, 3.63) is 82.9 Å². The van der Waals surface area contributed by atoms with Gasteiger partial charge in [-0.2, -0.15) is 0 Å². The van der Waals surface area contributed by atoms with Gasteiger partial charge in [-0.1, -0.05) is 41.9 Å². The summed E-state index contributed by atoms with van der Waals surface area (Å²) in [5, 5.41) is 3.38. The number of carbonyl (C=O) groups is 2. The summed E-state index contributed by atoms with van der Waals surface area (Å²) in [4.78, 5) is 27.2. The molecule has 6 heteroatoms. The molecule has 4 rings (SSSR count). The van der Waals surface area contributed by atoms with Crippen molar-refractivity contribution in [2.75, 3.05) is 16.8 Å². The number of halogens is 1. The van der Waals surface area contributed by atoms with E-state index in [2.05, 4.69) is 5.32 Å². The van der Waals surface area contributed by atoms with Crippen molar-refractivity contribution in [3.63, 3.8) is 0 Å². The third kappa shape index (κ3) is 3.82. The number of nitrogens with one attached hydrogen (secondary N) is 1. The Labute approximate surface area is 173 Å². The Hall–Kier alpha value is -3.31. The van der Waals surface area contributed by atoms with Gasteiger partial charge in [-0.05, 0) is 48.9 Å². The van der Waals surface area contributed by atoms with Gasteiger partial charge in [0.2, 0.25) is 5.91 Å². The summed E-state index contributed by atoms with van der Waals surface area (Å²) in [5.41, 5.74) is 2.40. The minimum absolute atomic E-state index is 0.147. The lowest BCUT2D eigenvalue weighted by Crippen LogP contribution is -2.29. The van der Waals surface area contributed by atoms with Crippen molar-refractivity contribution in [2.45, 2.75) is 13.3 Å². The molecule has 0 radical (unpaired) electrons. The summed E-state index contributed by atoms with van der Waals surface area (Å²) >= 11 is 6.13. The van der Waals surface area contributed by atoms with Crippen LogP contribution in [-0.4, -0.2) is 18.4 Å². The van der Waals surface area contributed by atoms with E-state index in [-0.39, 0.29) is 18.2 Å². The van der Waals surface area contributed by atoms with Gasteiger partial charge in [-0.15, -0.1) is 0 Å². The van der Waals surface area contributed by atoms with Crippen LogP contribution in [0.25, 0.3) is 0 Å². The van der Waals surface area contributed by atoms with Crippen LogP contribution in [0.15, 0.2) is 66.7 Å². The molecular weight excluding hydrogens is 388 g/mol. The second kappa shape index (κ2) is 7.97. The molecule has 0 spiro atoms. The van der Waals surface area contributed by atoms with E-state index in [1.807, 2.05) is 49.4 Å². The predicted molar refractivity (Wildman–Crippen MR) is 114 cm³/mol. The lowest BCUT2D eigenvalue weighted by Gasteiger charge is -2.19. The van der Waals surface area contributed by atoms with Gasteiger partial charge in [-0.25, -0.2) is 0 Å². The van der Waals surface area contributed by atoms with Crippen molar-refractivity contribution in [3.8, 4) is 11.5 Å². The number of amides is 2. The molecule has 0 aliphatic carbocycles. The average Bonchev–Trinajstić information content (AvgIpc) is 2.83. The van der Waals surface area contributed by atoms with Gasteiger partial charge in [0.15, 0.2) is 5.75 Å². The van der Waals surface area contributed by atoms with Gasteiger partial charge < -0.3 is 15.0 Å². The quantitative estimate of drug-likeness (QED) is 0.640. The number of fused-ring (bicyclic) bond motifs is 2. The van der Waals surface area contributed by atoms with Crippen LogP contribution in [0.5, 0.6) is 11.5 Å². The molecule has 0 bridgehead atoms. The normalized spacial score (nSPS) is 12.5. The minimum atomic E-state index is -0.212. The Kier molecular flexibility index (Phi) is 5.23. The largest absolute Gasteiger partial charge is 0.454 e. The van der Waals surface area contributed by atoms with Gasteiger partial charge in [0.25, 0.3) is 5.91 Å². The summed E-state index contributed by atoms with van der Waals surface area (Å²) < 4.78 is 5.98. The van der Waals surface area contributed by atoms with Crippen molar-refractivity contribution in [2.24, 2.45) is 0 Å². The Morgan fingerprint density at radius 1 is 1.03 bits per heavy atom. The van der Waals surface area contributed by atoms with E-state index in [1.165, 1.54) is 0 Å². The zero-order valence-electron chi connectivity index (χ0n) is 15.8. The molecule has 146 valence electrons. The van der Waals surface area contributed by atoms with E-state index in [4.69, 9.17) is 16.3 Å². The number of anilines is 2. The van der Waals surface area contributed by atoms with Crippen LogP contribution in [0.2, 0.25) is 5.02 Å². The Morgan fingerprint density at radius 3 is 2.59 bits per heavy atom. The monoisotopic (exact) mass is 406 g/mol. The molecule has 0 aromatic heterocycles. The van der Waals surface area contributed by atoms with E-state index >= 15 is 0 Å². The molecule has 1 aliphatic heterocycles. The SMILES string of the molecule is CCN1C(=O)c2cc(NC(=O)Cc3ccccc3Cl)ccc2Oc2ccccc21. The highest BCUT2D eigenvalue weighted by Gasteiger charge is 2.27. The number of rotatable bonds is 4. The first-order valence-electron chi connectivity index (χ1n) is 9.33. The molecule has 2 amide bonds. The van der Waals surface area contributed by atoms with Crippen LogP contribution >= 0.6 is 11.6 Å².